The maximum atomic E-state index is 12.0. The fourth-order valence-corrected chi connectivity index (χ4v) is 1.62. The minimum absolute atomic E-state index is 0.00652. The van der Waals surface area contributed by atoms with Gasteiger partial charge in [-0.05, 0) is 20.3 Å². The summed E-state index contributed by atoms with van der Waals surface area (Å²) in [6.45, 7) is 7.27. The third-order valence-electron chi connectivity index (χ3n) is 2.57. The van der Waals surface area contributed by atoms with Crippen LogP contribution >= 0.6 is 0 Å². The number of nitrogens with zero attached hydrogens (tertiary/aromatic N) is 1. The van der Waals surface area contributed by atoms with E-state index in [-0.39, 0.29) is 18.6 Å². The van der Waals surface area contributed by atoms with Crippen molar-refractivity contribution in [1.82, 2.24) is 4.90 Å². The molecule has 2 N–H and O–H groups in total. The van der Waals surface area contributed by atoms with Gasteiger partial charge in [-0.3, -0.25) is 4.79 Å². The van der Waals surface area contributed by atoms with E-state index in [4.69, 9.17) is 10.5 Å². The van der Waals surface area contributed by atoms with Gasteiger partial charge < -0.3 is 15.4 Å². The van der Waals surface area contributed by atoms with Crippen molar-refractivity contribution in [2.75, 3.05) is 20.3 Å². The first kappa shape index (κ1) is 15.4. The van der Waals surface area contributed by atoms with E-state index in [0.717, 1.165) is 25.8 Å². The summed E-state index contributed by atoms with van der Waals surface area (Å²) in [6.07, 6.45) is 3.35. The molecule has 0 bridgehead atoms. The molecule has 1 atom stereocenters. The van der Waals surface area contributed by atoms with Gasteiger partial charge in [0.25, 0.3) is 0 Å². The highest BCUT2D eigenvalue weighted by molar-refractivity contribution is 5.82. The van der Waals surface area contributed by atoms with Crippen molar-refractivity contribution in [1.29, 1.82) is 0 Å². The van der Waals surface area contributed by atoms with Crippen LogP contribution in [0.4, 0.5) is 0 Å². The monoisotopic (exact) mass is 230 g/mol. The van der Waals surface area contributed by atoms with Crippen LogP contribution in [-0.2, 0) is 9.53 Å². The molecular formula is C12H26N2O2. The van der Waals surface area contributed by atoms with Crippen molar-refractivity contribution in [2.45, 2.75) is 52.1 Å². The summed E-state index contributed by atoms with van der Waals surface area (Å²) < 4.78 is 4.91. The van der Waals surface area contributed by atoms with E-state index in [1.807, 2.05) is 18.7 Å². The van der Waals surface area contributed by atoms with E-state index in [1.165, 1.54) is 0 Å². The molecule has 4 nitrogen and oxygen atoms in total. The van der Waals surface area contributed by atoms with Gasteiger partial charge in [0.15, 0.2) is 0 Å². The van der Waals surface area contributed by atoms with Crippen molar-refractivity contribution in [3.63, 3.8) is 0 Å². The van der Waals surface area contributed by atoms with E-state index >= 15 is 0 Å². The molecule has 0 aliphatic rings. The molecular weight excluding hydrogens is 204 g/mol. The third-order valence-corrected chi connectivity index (χ3v) is 2.57. The summed E-state index contributed by atoms with van der Waals surface area (Å²) in [5.41, 5.74) is 5.75. The zero-order valence-electron chi connectivity index (χ0n) is 11.0. The van der Waals surface area contributed by atoms with Crippen molar-refractivity contribution in [3.05, 3.63) is 0 Å². The zero-order chi connectivity index (χ0) is 12.6. The van der Waals surface area contributed by atoms with Crippen molar-refractivity contribution in [3.8, 4) is 0 Å². The van der Waals surface area contributed by atoms with Crippen molar-refractivity contribution in [2.24, 2.45) is 5.73 Å². The second kappa shape index (κ2) is 8.53. The molecule has 0 aromatic heterocycles. The highest BCUT2D eigenvalue weighted by Crippen LogP contribution is 2.05. The Morgan fingerprint density at radius 1 is 1.38 bits per heavy atom. The fourth-order valence-electron chi connectivity index (χ4n) is 1.62. The van der Waals surface area contributed by atoms with Crippen molar-refractivity contribution < 1.29 is 9.53 Å². The van der Waals surface area contributed by atoms with Gasteiger partial charge in [0.05, 0.1) is 6.61 Å². The minimum Gasteiger partial charge on any atom is -0.383 e. The Labute approximate surface area is 99.1 Å². The normalized spacial score (nSPS) is 12.9. The van der Waals surface area contributed by atoms with Crippen LogP contribution in [0.25, 0.3) is 0 Å². The van der Waals surface area contributed by atoms with E-state index in [9.17, 15) is 4.79 Å². The van der Waals surface area contributed by atoms with Crippen LogP contribution in [0.2, 0.25) is 0 Å². The molecule has 0 heterocycles. The highest BCUT2D eigenvalue weighted by atomic mass is 16.5. The van der Waals surface area contributed by atoms with E-state index in [2.05, 4.69) is 6.92 Å². The molecule has 0 aromatic rings. The van der Waals surface area contributed by atoms with E-state index in [0.29, 0.717) is 0 Å². The minimum atomic E-state index is -0.533. The van der Waals surface area contributed by atoms with Crippen molar-refractivity contribution >= 4 is 5.91 Å². The Bertz CT molecular complexity index is 195. The number of unbranched alkanes of at least 4 members (excludes halogenated alkanes) is 2. The summed E-state index contributed by atoms with van der Waals surface area (Å²) in [5.74, 6) is -0.00652. The first-order chi connectivity index (χ1) is 7.54. The number of carbonyl (C=O) groups is 1. The summed E-state index contributed by atoms with van der Waals surface area (Å²) in [7, 11) is 1.56. The molecule has 0 aliphatic carbocycles. The smallest absolute Gasteiger partial charge is 0.242 e. The molecule has 0 saturated heterocycles. The van der Waals surface area contributed by atoms with Gasteiger partial charge in [-0.2, -0.15) is 0 Å². The lowest BCUT2D eigenvalue weighted by molar-refractivity contribution is -0.135. The van der Waals surface area contributed by atoms with Gasteiger partial charge in [0, 0.05) is 19.7 Å². The summed E-state index contributed by atoms with van der Waals surface area (Å²) in [5, 5.41) is 0. The highest BCUT2D eigenvalue weighted by Gasteiger charge is 2.22. The molecule has 96 valence electrons. The van der Waals surface area contributed by atoms with Crippen LogP contribution in [0.1, 0.15) is 40.0 Å². The number of amides is 1. The molecule has 1 amide bonds. The van der Waals surface area contributed by atoms with Gasteiger partial charge in [-0.1, -0.05) is 19.8 Å². The van der Waals surface area contributed by atoms with E-state index < -0.39 is 6.04 Å². The Kier molecular flexibility index (Phi) is 8.21. The topological polar surface area (TPSA) is 55.6 Å². The molecule has 0 aliphatic heterocycles. The van der Waals surface area contributed by atoms with Gasteiger partial charge >= 0.3 is 0 Å². The number of hydrogen-bond donors (Lipinski definition) is 1. The van der Waals surface area contributed by atoms with Gasteiger partial charge in [0.2, 0.25) is 5.91 Å². The second-order valence-electron chi connectivity index (χ2n) is 4.39. The Morgan fingerprint density at radius 3 is 2.44 bits per heavy atom. The average Bonchev–Trinajstić information content (AvgIpc) is 2.23. The molecule has 0 aromatic carbocycles. The molecule has 4 heteroatoms. The molecule has 16 heavy (non-hydrogen) atoms. The van der Waals surface area contributed by atoms with E-state index in [1.54, 1.807) is 7.11 Å². The Balaban J connectivity index is 4.23. The first-order valence-corrected chi connectivity index (χ1v) is 6.09. The van der Waals surface area contributed by atoms with Gasteiger partial charge in [-0.25, -0.2) is 0 Å². The molecule has 0 spiro atoms. The van der Waals surface area contributed by atoms with Crippen LogP contribution < -0.4 is 5.73 Å². The van der Waals surface area contributed by atoms with Crippen LogP contribution in [0.5, 0.6) is 0 Å². The largest absolute Gasteiger partial charge is 0.383 e. The lowest BCUT2D eigenvalue weighted by atomic mass is 10.2. The number of methoxy groups -OCH3 is 1. The number of nitrogens with two attached hydrogens (primary N) is 1. The standard InChI is InChI=1S/C12H26N2O2/c1-5-6-7-8-14(10(2)3)12(15)11(13)9-16-4/h10-11H,5-9,13H2,1-4H3. The maximum Gasteiger partial charge on any atom is 0.242 e. The van der Waals surface area contributed by atoms with Gasteiger partial charge in [0.1, 0.15) is 6.04 Å². The summed E-state index contributed by atoms with van der Waals surface area (Å²) in [6, 6.07) is -0.332. The molecule has 0 saturated carbocycles. The quantitative estimate of drug-likeness (QED) is 0.641. The predicted octanol–water partition coefficient (Wildman–Crippen LogP) is 1.39. The van der Waals surface area contributed by atoms with Crippen LogP contribution in [0, 0.1) is 0 Å². The zero-order valence-corrected chi connectivity index (χ0v) is 11.0. The number of carbonyl (C=O) groups excluding carboxylic acids is 1. The molecule has 0 rings (SSSR count). The number of rotatable bonds is 8. The first-order valence-electron chi connectivity index (χ1n) is 6.09. The maximum absolute atomic E-state index is 12.0. The predicted molar refractivity (Wildman–Crippen MR) is 66.2 cm³/mol. The average molecular weight is 230 g/mol. The molecule has 1 unspecified atom stereocenters. The Morgan fingerprint density at radius 2 is 2.00 bits per heavy atom. The SMILES string of the molecule is CCCCCN(C(=O)C(N)COC)C(C)C. The number of ether oxygens (including phenoxy) is 1. The van der Waals surface area contributed by atoms with Crippen LogP contribution in [0.3, 0.4) is 0 Å². The Hall–Kier alpha value is -0.610. The summed E-state index contributed by atoms with van der Waals surface area (Å²) in [4.78, 5) is 13.8. The lowest BCUT2D eigenvalue weighted by Gasteiger charge is -2.29. The summed E-state index contributed by atoms with van der Waals surface area (Å²) >= 11 is 0. The fraction of sp³-hybridized carbons (Fsp3) is 0.917. The molecule has 0 radical (unpaired) electrons. The third kappa shape index (κ3) is 5.47. The lowest BCUT2D eigenvalue weighted by Crippen LogP contribution is -2.49. The van der Waals surface area contributed by atoms with Gasteiger partial charge in [-0.15, -0.1) is 0 Å². The van der Waals surface area contributed by atoms with Crippen LogP contribution in [0.15, 0.2) is 0 Å². The molecule has 0 fully saturated rings. The van der Waals surface area contributed by atoms with Crippen LogP contribution in [-0.4, -0.2) is 43.2 Å². The second-order valence-corrected chi connectivity index (χ2v) is 4.39. The number of hydrogen-bond acceptors (Lipinski definition) is 3.